The summed E-state index contributed by atoms with van der Waals surface area (Å²) in [7, 11) is 0. The Bertz CT molecular complexity index is 1710. The molecular weight excluding hydrogens is 460 g/mol. The molecule has 1 atom stereocenters. The van der Waals surface area contributed by atoms with Gasteiger partial charge in [0.2, 0.25) is 0 Å². The zero-order chi connectivity index (χ0) is 25.4. The van der Waals surface area contributed by atoms with E-state index in [2.05, 4.69) is 12.1 Å². The van der Waals surface area contributed by atoms with E-state index in [0.717, 1.165) is 43.1 Å². The maximum absolute atomic E-state index is 13.4. The minimum atomic E-state index is -0.629. The van der Waals surface area contributed by atoms with Gasteiger partial charge in [-0.1, -0.05) is 97.1 Å². The van der Waals surface area contributed by atoms with Gasteiger partial charge in [0.25, 0.3) is 0 Å². The molecule has 0 bridgehead atoms. The Hall–Kier alpha value is -4.70. The average Bonchev–Trinajstić information content (AvgIpc) is 2.93. The summed E-state index contributed by atoms with van der Waals surface area (Å²) in [6.45, 7) is 1.69. The van der Waals surface area contributed by atoms with Crippen molar-refractivity contribution in [1.29, 1.82) is 0 Å². The lowest BCUT2D eigenvalue weighted by Crippen LogP contribution is -2.23. The number of rotatable bonds is 5. The predicted molar refractivity (Wildman–Crippen MR) is 148 cm³/mol. The van der Waals surface area contributed by atoms with E-state index in [1.165, 1.54) is 0 Å². The smallest absolute Gasteiger partial charge is 0.339 e. The Morgan fingerprint density at radius 1 is 0.568 bits per heavy atom. The molecule has 0 aliphatic heterocycles. The van der Waals surface area contributed by atoms with Crippen molar-refractivity contribution in [2.75, 3.05) is 6.61 Å². The number of benzene rings is 6. The Kier molecular flexibility index (Phi) is 5.78. The summed E-state index contributed by atoms with van der Waals surface area (Å²) < 4.78 is 11.5. The van der Waals surface area contributed by atoms with Gasteiger partial charge in [-0.15, -0.1) is 0 Å². The predicted octanol–water partition coefficient (Wildman–Crippen LogP) is 7.70. The lowest BCUT2D eigenvalue weighted by Gasteiger charge is -2.17. The van der Waals surface area contributed by atoms with Crippen molar-refractivity contribution >= 4 is 55.0 Å². The molecule has 180 valence electrons. The molecule has 0 heterocycles. The normalized spacial score (nSPS) is 12.1. The van der Waals surface area contributed by atoms with Crippen molar-refractivity contribution in [1.82, 2.24) is 0 Å². The summed E-state index contributed by atoms with van der Waals surface area (Å²) in [6.07, 6.45) is -0.629. The minimum Gasteiger partial charge on any atom is -0.458 e. The molecule has 0 radical (unpaired) electrons. The number of ether oxygens (including phenoxy) is 2. The van der Waals surface area contributed by atoms with E-state index < -0.39 is 18.0 Å². The second-order valence-electron chi connectivity index (χ2n) is 9.20. The molecule has 37 heavy (non-hydrogen) atoms. The molecule has 0 fully saturated rings. The quantitative estimate of drug-likeness (QED) is 0.186. The van der Waals surface area contributed by atoms with Crippen LogP contribution in [0.2, 0.25) is 0 Å². The van der Waals surface area contributed by atoms with Gasteiger partial charge in [-0.25, -0.2) is 9.59 Å². The highest BCUT2D eigenvalue weighted by Crippen LogP contribution is 2.31. The maximum atomic E-state index is 13.4. The topological polar surface area (TPSA) is 52.6 Å². The Morgan fingerprint density at radius 2 is 0.919 bits per heavy atom. The Morgan fingerprint density at radius 3 is 1.32 bits per heavy atom. The highest BCUT2D eigenvalue weighted by Gasteiger charge is 2.21. The van der Waals surface area contributed by atoms with Crippen LogP contribution in [0, 0.1) is 0 Å². The van der Waals surface area contributed by atoms with Crippen LogP contribution in [0.15, 0.2) is 109 Å². The molecule has 0 amide bonds. The van der Waals surface area contributed by atoms with Gasteiger partial charge in [-0.3, -0.25) is 0 Å². The van der Waals surface area contributed by atoms with Crippen molar-refractivity contribution in [3.8, 4) is 0 Å². The van der Waals surface area contributed by atoms with Crippen LogP contribution < -0.4 is 0 Å². The zero-order valence-electron chi connectivity index (χ0n) is 20.3. The van der Waals surface area contributed by atoms with Crippen molar-refractivity contribution in [3.63, 3.8) is 0 Å². The molecule has 4 heteroatoms. The summed E-state index contributed by atoms with van der Waals surface area (Å²) in [4.78, 5) is 26.7. The van der Waals surface area contributed by atoms with E-state index in [1.54, 1.807) is 6.92 Å². The van der Waals surface area contributed by atoms with Crippen LogP contribution in [0.25, 0.3) is 43.1 Å². The van der Waals surface area contributed by atoms with E-state index in [9.17, 15) is 9.59 Å². The van der Waals surface area contributed by atoms with Crippen LogP contribution in [0.5, 0.6) is 0 Å². The van der Waals surface area contributed by atoms with E-state index in [0.29, 0.717) is 11.1 Å². The molecule has 0 aromatic heterocycles. The molecule has 0 aliphatic carbocycles. The first-order valence-electron chi connectivity index (χ1n) is 12.3. The summed E-state index contributed by atoms with van der Waals surface area (Å²) >= 11 is 0. The Labute approximate surface area is 214 Å². The molecule has 0 N–H and O–H groups in total. The van der Waals surface area contributed by atoms with Gasteiger partial charge in [0.15, 0.2) is 0 Å². The van der Waals surface area contributed by atoms with Gasteiger partial charge < -0.3 is 9.47 Å². The van der Waals surface area contributed by atoms with E-state index in [-0.39, 0.29) is 6.61 Å². The van der Waals surface area contributed by atoms with Crippen LogP contribution >= 0.6 is 0 Å². The molecule has 0 saturated heterocycles. The number of carbonyl (C=O) groups is 2. The standard InChI is InChI=1S/C33H24O4/c1-21(37-33(35)31-28-16-8-4-12-24(28)19-25-13-5-9-17-29(25)31)20-36-32(34)30-26-14-6-2-10-22(26)18-23-11-3-7-15-27(23)30/h2-19,21H,20H2,1H3/t21-/m0/s1. The van der Waals surface area contributed by atoms with Crippen molar-refractivity contribution in [2.45, 2.75) is 13.0 Å². The third kappa shape index (κ3) is 4.17. The lowest BCUT2D eigenvalue weighted by atomic mass is 9.97. The third-order valence-electron chi connectivity index (χ3n) is 6.71. The second kappa shape index (κ2) is 9.40. The Balaban J connectivity index is 1.26. The van der Waals surface area contributed by atoms with E-state index in [4.69, 9.17) is 9.47 Å². The average molecular weight is 485 g/mol. The molecule has 0 aliphatic rings. The van der Waals surface area contributed by atoms with Gasteiger partial charge in [0, 0.05) is 0 Å². The van der Waals surface area contributed by atoms with Crippen LogP contribution in [0.4, 0.5) is 0 Å². The summed E-state index contributed by atoms with van der Waals surface area (Å²) in [5.41, 5.74) is 1.04. The van der Waals surface area contributed by atoms with E-state index >= 15 is 0 Å². The van der Waals surface area contributed by atoms with Crippen LogP contribution in [-0.4, -0.2) is 24.6 Å². The van der Waals surface area contributed by atoms with Gasteiger partial charge in [-0.05, 0) is 62.1 Å². The zero-order valence-corrected chi connectivity index (χ0v) is 20.3. The molecular formula is C33H24O4. The first-order chi connectivity index (χ1) is 18.1. The van der Waals surface area contributed by atoms with Crippen LogP contribution in [0.3, 0.4) is 0 Å². The molecule has 0 saturated carbocycles. The van der Waals surface area contributed by atoms with E-state index in [1.807, 2.05) is 97.1 Å². The number of esters is 2. The molecule has 4 nitrogen and oxygen atoms in total. The molecule has 0 unspecified atom stereocenters. The second-order valence-corrected chi connectivity index (χ2v) is 9.20. The number of fused-ring (bicyclic) bond motifs is 4. The fourth-order valence-corrected chi connectivity index (χ4v) is 5.01. The molecule has 6 aromatic rings. The highest BCUT2D eigenvalue weighted by atomic mass is 16.6. The third-order valence-corrected chi connectivity index (χ3v) is 6.71. The van der Waals surface area contributed by atoms with Gasteiger partial charge in [0.05, 0.1) is 11.1 Å². The largest absolute Gasteiger partial charge is 0.458 e. The summed E-state index contributed by atoms with van der Waals surface area (Å²) in [6, 6.07) is 35.2. The van der Waals surface area contributed by atoms with Crippen LogP contribution in [0.1, 0.15) is 27.6 Å². The fraction of sp³-hybridized carbons (Fsp3) is 0.0909. The SMILES string of the molecule is C[C@@H](COC(=O)c1c2ccccc2cc2ccccc12)OC(=O)c1c2ccccc2cc2ccccc12. The monoisotopic (exact) mass is 484 g/mol. The first-order valence-corrected chi connectivity index (χ1v) is 12.3. The summed E-state index contributed by atoms with van der Waals surface area (Å²) in [5.74, 6) is -0.876. The number of carbonyl (C=O) groups excluding carboxylic acids is 2. The van der Waals surface area contributed by atoms with Gasteiger partial charge in [0.1, 0.15) is 12.7 Å². The molecule has 6 aromatic carbocycles. The summed E-state index contributed by atoms with van der Waals surface area (Å²) in [5, 5.41) is 7.20. The minimum absolute atomic E-state index is 0.0508. The number of hydrogen-bond donors (Lipinski definition) is 0. The number of hydrogen-bond acceptors (Lipinski definition) is 4. The van der Waals surface area contributed by atoms with Gasteiger partial charge in [-0.2, -0.15) is 0 Å². The van der Waals surface area contributed by atoms with Crippen molar-refractivity contribution in [3.05, 3.63) is 120 Å². The fourth-order valence-electron chi connectivity index (χ4n) is 5.01. The molecule has 6 rings (SSSR count). The van der Waals surface area contributed by atoms with Crippen molar-refractivity contribution in [2.24, 2.45) is 0 Å². The molecule has 0 spiro atoms. The van der Waals surface area contributed by atoms with Crippen LogP contribution in [-0.2, 0) is 9.47 Å². The van der Waals surface area contributed by atoms with Crippen molar-refractivity contribution < 1.29 is 19.1 Å². The lowest BCUT2D eigenvalue weighted by molar-refractivity contribution is 0.00493. The maximum Gasteiger partial charge on any atom is 0.339 e. The first kappa shape index (κ1) is 22.7. The highest BCUT2D eigenvalue weighted by molar-refractivity contribution is 6.17. The van der Waals surface area contributed by atoms with Gasteiger partial charge >= 0.3 is 11.9 Å².